The third-order valence-corrected chi connectivity index (χ3v) is 3.92. The van der Waals surface area contributed by atoms with Crippen LogP contribution in [0.25, 0.3) is 0 Å². The topological polar surface area (TPSA) is 12.0 Å². The van der Waals surface area contributed by atoms with Gasteiger partial charge in [0.15, 0.2) is 0 Å². The standard InChI is InChI=1S/C16H15F2N/c1-19-16(15-13(17)7-4-8-14(15)18)12-9-10-5-2-3-6-11(10)12/h2-8,12,16,19H,9H2,1H3. The second-order valence-corrected chi connectivity index (χ2v) is 4.91. The zero-order valence-electron chi connectivity index (χ0n) is 10.7. The lowest BCUT2D eigenvalue weighted by atomic mass is 9.71. The quantitative estimate of drug-likeness (QED) is 0.888. The largest absolute Gasteiger partial charge is 0.312 e. The molecule has 0 aromatic heterocycles. The fourth-order valence-electron chi connectivity index (χ4n) is 2.95. The Bertz CT molecular complexity index is 589. The summed E-state index contributed by atoms with van der Waals surface area (Å²) in [5.74, 6) is -0.833. The predicted molar refractivity (Wildman–Crippen MR) is 71.0 cm³/mol. The Morgan fingerprint density at radius 2 is 1.74 bits per heavy atom. The van der Waals surface area contributed by atoms with E-state index in [1.807, 2.05) is 18.2 Å². The Balaban J connectivity index is 2.00. The smallest absolute Gasteiger partial charge is 0.130 e. The van der Waals surface area contributed by atoms with Crippen LogP contribution in [0, 0.1) is 11.6 Å². The van der Waals surface area contributed by atoms with Crippen LogP contribution in [0.5, 0.6) is 0 Å². The maximum Gasteiger partial charge on any atom is 0.130 e. The van der Waals surface area contributed by atoms with Crippen molar-refractivity contribution >= 4 is 0 Å². The van der Waals surface area contributed by atoms with Crippen LogP contribution in [0.2, 0.25) is 0 Å². The molecule has 0 heterocycles. The van der Waals surface area contributed by atoms with Gasteiger partial charge in [0.2, 0.25) is 0 Å². The number of nitrogens with one attached hydrogen (secondary N) is 1. The van der Waals surface area contributed by atoms with Gasteiger partial charge in [-0.1, -0.05) is 30.3 Å². The molecule has 98 valence electrons. The summed E-state index contributed by atoms with van der Waals surface area (Å²) in [6.07, 6.45) is 0.857. The second kappa shape index (κ2) is 4.74. The summed E-state index contributed by atoms with van der Waals surface area (Å²) in [5, 5.41) is 3.06. The van der Waals surface area contributed by atoms with Crippen LogP contribution in [0.15, 0.2) is 42.5 Å². The van der Waals surface area contributed by atoms with Gasteiger partial charge in [-0.15, -0.1) is 0 Å². The molecule has 2 aromatic rings. The average molecular weight is 259 g/mol. The minimum atomic E-state index is -0.483. The summed E-state index contributed by atoms with van der Waals surface area (Å²) in [5.41, 5.74) is 2.60. The van der Waals surface area contributed by atoms with Crippen LogP contribution in [0.1, 0.15) is 28.7 Å². The van der Waals surface area contributed by atoms with E-state index in [1.165, 1.54) is 29.3 Å². The van der Waals surface area contributed by atoms with Gasteiger partial charge >= 0.3 is 0 Å². The molecule has 3 heteroatoms. The van der Waals surface area contributed by atoms with Gasteiger partial charge in [-0.2, -0.15) is 0 Å². The van der Waals surface area contributed by atoms with Gasteiger partial charge in [0.1, 0.15) is 11.6 Å². The van der Waals surface area contributed by atoms with E-state index in [-0.39, 0.29) is 17.5 Å². The SMILES string of the molecule is CNC(c1c(F)cccc1F)C1Cc2ccccc21. The Morgan fingerprint density at radius 3 is 2.37 bits per heavy atom. The molecule has 0 bridgehead atoms. The number of hydrogen-bond acceptors (Lipinski definition) is 1. The van der Waals surface area contributed by atoms with Crippen molar-refractivity contribution in [3.8, 4) is 0 Å². The molecule has 1 N–H and O–H groups in total. The summed E-state index contributed by atoms with van der Waals surface area (Å²) >= 11 is 0. The van der Waals surface area contributed by atoms with Crippen LogP contribution >= 0.6 is 0 Å². The van der Waals surface area contributed by atoms with Gasteiger partial charge in [0.05, 0.1) is 0 Å². The molecule has 1 nitrogen and oxygen atoms in total. The van der Waals surface area contributed by atoms with E-state index in [4.69, 9.17) is 0 Å². The van der Waals surface area contributed by atoms with Crippen LogP contribution in [-0.4, -0.2) is 7.05 Å². The number of likely N-dealkylation sites (N-methyl/N-ethyl adjacent to an activating group) is 1. The summed E-state index contributed by atoms with van der Waals surface area (Å²) in [7, 11) is 1.75. The molecule has 2 aromatic carbocycles. The molecule has 1 aliphatic carbocycles. The fourth-order valence-corrected chi connectivity index (χ4v) is 2.95. The number of halogens is 2. The third-order valence-electron chi connectivity index (χ3n) is 3.92. The van der Waals surface area contributed by atoms with Crippen molar-refractivity contribution in [3.05, 3.63) is 70.8 Å². The Hall–Kier alpha value is -1.74. The zero-order chi connectivity index (χ0) is 13.4. The van der Waals surface area contributed by atoms with E-state index < -0.39 is 11.6 Å². The molecular formula is C16H15F2N. The van der Waals surface area contributed by atoms with Crippen molar-refractivity contribution in [2.75, 3.05) is 7.05 Å². The highest BCUT2D eigenvalue weighted by Crippen LogP contribution is 2.44. The van der Waals surface area contributed by atoms with Gasteiger partial charge in [0, 0.05) is 17.5 Å². The molecule has 0 saturated carbocycles. The van der Waals surface area contributed by atoms with Crippen LogP contribution in [0.4, 0.5) is 8.78 Å². The number of hydrogen-bond donors (Lipinski definition) is 1. The van der Waals surface area contributed by atoms with Crippen LogP contribution in [0.3, 0.4) is 0 Å². The highest BCUT2D eigenvalue weighted by atomic mass is 19.1. The fraction of sp³-hybridized carbons (Fsp3) is 0.250. The lowest BCUT2D eigenvalue weighted by Crippen LogP contribution is -2.32. The van der Waals surface area contributed by atoms with Gasteiger partial charge in [-0.25, -0.2) is 8.78 Å². The highest BCUT2D eigenvalue weighted by Gasteiger charge is 2.35. The molecule has 0 radical (unpaired) electrons. The first kappa shape index (κ1) is 12.3. The second-order valence-electron chi connectivity index (χ2n) is 4.91. The normalized spacial score (nSPS) is 18.6. The van der Waals surface area contributed by atoms with E-state index in [0.717, 1.165) is 6.42 Å². The van der Waals surface area contributed by atoms with Gasteiger partial charge in [-0.3, -0.25) is 0 Å². The molecule has 0 fully saturated rings. The highest BCUT2D eigenvalue weighted by molar-refractivity contribution is 5.43. The molecule has 0 spiro atoms. The zero-order valence-corrected chi connectivity index (χ0v) is 10.7. The van der Waals surface area contributed by atoms with Gasteiger partial charge in [-0.05, 0) is 36.7 Å². The molecule has 19 heavy (non-hydrogen) atoms. The Labute approximate surface area is 111 Å². The summed E-state index contributed by atoms with van der Waals surface area (Å²) in [6.45, 7) is 0. The maximum atomic E-state index is 13.9. The molecule has 1 aliphatic rings. The van der Waals surface area contributed by atoms with Crippen LogP contribution in [-0.2, 0) is 6.42 Å². The maximum absolute atomic E-state index is 13.9. The Morgan fingerprint density at radius 1 is 1.05 bits per heavy atom. The van der Waals surface area contributed by atoms with Crippen molar-refractivity contribution in [1.82, 2.24) is 5.32 Å². The monoisotopic (exact) mass is 259 g/mol. The molecule has 2 atom stereocenters. The van der Waals surface area contributed by atoms with Crippen molar-refractivity contribution in [1.29, 1.82) is 0 Å². The van der Waals surface area contributed by atoms with Crippen molar-refractivity contribution in [2.24, 2.45) is 0 Å². The van der Waals surface area contributed by atoms with Gasteiger partial charge in [0.25, 0.3) is 0 Å². The average Bonchev–Trinajstić information content (AvgIpc) is 2.38. The summed E-state index contributed by atoms with van der Waals surface area (Å²) in [4.78, 5) is 0. The Kier molecular flexibility index (Phi) is 3.07. The van der Waals surface area contributed by atoms with E-state index in [2.05, 4.69) is 11.4 Å². The van der Waals surface area contributed by atoms with E-state index in [9.17, 15) is 8.78 Å². The minimum Gasteiger partial charge on any atom is -0.312 e. The van der Waals surface area contributed by atoms with Crippen LogP contribution < -0.4 is 5.32 Å². The van der Waals surface area contributed by atoms with E-state index >= 15 is 0 Å². The molecular weight excluding hydrogens is 244 g/mol. The number of benzene rings is 2. The minimum absolute atomic E-state index is 0.132. The lowest BCUT2D eigenvalue weighted by Gasteiger charge is -2.37. The molecule has 2 unspecified atom stereocenters. The third kappa shape index (κ3) is 1.94. The van der Waals surface area contributed by atoms with Crippen molar-refractivity contribution < 1.29 is 8.78 Å². The van der Waals surface area contributed by atoms with Gasteiger partial charge < -0.3 is 5.32 Å². The van der Waals surface area contributed by atoms with Crippen molar-refractivity contribution in [3.63, 3.8) is 0 Å². The first-order chi connectivity index (χ1) is 9.22. The number of rotatable bonds is 3. The lowest BCUT2D eigenvalue weighted by molar-refractivity contribution is 0.403. The van der Waals surface area contributed by atoms with E-state index in [1.54, 1.807) is 7.05 Å². The molecule has 3 rings (SSSR count). The first-order valence-corrected chi connectivity index (χ1v) is 6.41. The van der Waals surface area contributed by atoms with E-state index in [0.29, 0.717) is 0 Å². The number of fused-ring (bicyclic) bond motifs is 1. The summed E-state index contributed by atoms with van der Waals surface area (Å²) < 4.78 is 27.8. The molecule has 0 saturated heterocycles. The molecule has 0 aliphatic heterocycles. The predicted octanol–water partition coefficient (Wildman–Crippen LogP) is 3.57. The summed E-state index contributed by atoms with van der Waals surface area (Å²) in [6, 6.07) is 11.8. The first-order valence-electron chi connectivity index (χ1n) is 6.41. The van der Waals surface area contributed by atoms with Crippen molar-refractivity contribution in [2.45, 2.75) is 18.4 Å². The molecule has 0 amide bonds.